The highest BCUT2D eigenvalue weighted by Crippen LogP contribution is 2.12. The summed E-state index contributed by atoms with van der Waals surface area (Å²) in [5.41, 5.74) is 6.98. The Morgan fingerprint density at radius 2 is 2.19 bits per heavy atom. The van der Waals surface area contributed by atoms with Crippen molar-refractivity contribution in [3.8, 4) is 11.8 Å². The second-order valence-corrected chi connectivity index (χ2v) is 4.32. The predicted octanol–water partition coefficient (Wildman–Crippen LogP) is 0.641. The molecule has 0 unspecified atom stereocenters. The van der Waals surface area contributed by atoms with Gasteiger partial charge in [-0.3, -0.25) is 9.59 Å². The number of aryl methyl sites for hydroxylation is 1. The van der Waals surface area contributed by atoms with E-state index in [0.717, 1.165) is 5.56 Å². The number of anilines is 1. The number of carbonyl (C=O) groups excluding carboxylic acids is 1. The molecule has 0 bridgehead atoms. The van der Waals surface area contributed by atoms with Gasteiger partial charge in [-0.2, -0.15) is 5.10 Å². The van der Waals surface area contributed by atoms with Gasteiger partial charge in [-0.15, -0.1) is 0 Å². The van der Waals surface area contributed by atoms with Gasteiger partial charge in [0.25, 0.3) is 11.5 Å². The van der Waals surface area contributed by atoms with Crippen molar-refractivity contribution in [2.24, 2.45) is 5.73 Å². The zero-order chi connectivity index (χ0) is 15.2. The Hall–Kier alpha value is -2.91. The molecule has 0 radical (unpaired) electrons. The van der Waals surface area contributed by atoms with Gasteiger partial charge in [0.05, 0.1) is 12.1 Å². The van der Waals surface area contributed by atoms with E-state index < -0.39 is 0 Å². The first kappa shape index (κ1) is 14.5. The van der Waals surface area contributed by atoms with Crippen LogP contribution in [0.1, 0.15) is 21.5 Å². The van der Waals surface area contributed by atoms with E-state index in [9.17, 15) is 9.59 Å². The third kappa shape index (κ3) is 3.78. The van der Waals surface area contributed by atoms with Crippen molar-refractivity contribution in [1.82, 2.24) is 10.2 Å². The normalized spacial score (nSPS) is 9.62. The SMILES string of the molecule is Cc1ccc(C#CCN)c(C(=O)Nc2ccc(=O)[nH]n2)c1. The number of hydrogen-bond donors (Lipinski definition) is 3. The molecule has 1 aromatic heterocycles. The zero-order valence-corrected chi connectivity index (χ0v) is 11.4. The van der Waals surface area contributed by atoms with E-state index in [2.05, 4.69) is 27.4 Å². The fraction of sp³-hybridized carbons (Fsp3) is 0.133. The van der Waals surface area contributed by atoms with Gasteiger partial charge in [0.1, 0.15) is 0 Å². The van der Waals surface area contributed by atoms with Crippen molar-refractivity contribution in [3.63, 3.8) is 0 Å². The molecular formula is C15H14N4O2. The van der Waals surface area contributed by atoms with Gasteiger partial charge in [0, 0.05) is 11.6 Å². The minimum Gasteiger partial charge on any atom is -0.320 e. The lowest BCUT2D eigenvalue weighted by Gasteiger charge is -2.07. The summed E-state index contributed by atoms with van der Waals surface area (Å²) in [6, 6.07) is 8.09. The fourth-order valence-electron chi connectivity index (χ4n) is 1.70. The molecule has 0 spiro atoms. The van der Waals surface area contributed by atoms with Crippen molar-refractivity contribution in [2.45, 2.75) is 6.92 Å². The summed E-state index contributed by atoms with van der Waals surface area (Å²) in [5, 5.41) is 8.59. The number of hydrogen-bond acceptors (Lipinski definition) is 4. The van der Waals surface area contributed by atoms with Crippen LogP contribution in [0.4, 0.5) is 5.82 Å². The first-order chi connectivity index (χ1) is 10.1. The first-order valence-electron chi connectivity index (χ1n) is 6.27. The molecule has 2 aromatic rings. The maximum Gasteiger partial charge on any atom is 0.264 e. The smallest absolute Gasteiger partial charge is 0.264 e. The highest BCUT2D eigenvalue weighted by Gasteiger charge is 2.11. The molecule has 0 aliphatic carbocycles. The van der Waals surface area contributed by atoms with E-state index in [1.54, 1.807) is 12.1 Å². The van der Waals surface area contributed by atoms with Gasteiger partial charge >= 0.3 is 0 Å². The summed E-state index contributed by atoms with van der Waals surface area (Å²) in [6.45, 7) is 2.10. The molecule has 4 N–H and O–H groups in total. The number of nitrogens with zero attached hydrogens (tertiary/aromatic N) is 1. The van der Waals surface area contributed by atoms with E-state index in [4.69, 9.17) is 5.73 Å². The van der Waals surface area contributed by atoms with Crippen LogP contribution in [0.15, 0.2) is 35.1 Å². The zero-order valence-electron chi connectivity index (χ0n) is 11.4. The number of rotatable bonds is 2. The highest BCUT2D eigenvalue weighted by molar-refractivity contribution is 6.05. The van der Waals surface area contributed by atoms with Crippen molar-refractivity contribution in [2.75, 3.05) is 11.9 Å². The molecule has 6 nitrogen and oxygen atoms in total. The van der Waals surface area contributed by atoms with Crippen LogP contribution in [0.5, 0.6) is 0 Å². The van der Waals surface area contributed by atoms with Crippen molar-refractivity contribution < 1.29 is 4.79 Å². The van der Waals surface area contributed by atoms with E-state index >= 15 is 0 Å². The van der Waals surface area contributed by atoms with Gasteiger partial charge in [0.2, 0.25) is 0 Å². The first-order valence-corrected chi connectivity index (χ1v) is 6.27. The molecule has 0 saturated carbocycles. The van der Waals surface area contributed by atoms with Gasteiger partial charge in [-0.25, -0.2) is 5.10 Å². The second kappa shape index (κ2) is 6.50. The Bertz CT molecular complexity index is 764. The van der Waals surface area contributed by atoms with Crippen LogP contribution < -0.4 is 16.6 Å². The number of H-pyrrole nitrogens is 1. The summed E-state index contributed by atoms with van der Waals surface area (Å²) in [5.74, 6) is 5.50. The number of aromatic nitrogens is 2. The van der Waals surface area contributed by atoms with Crippen LogP contribution >= 0.6 is 0 Å². The maximum absolute atomic E-state index is 12.3. The number of carbonyl (C=O) groups is 1. The lowest BCUT2D eigenvalue weighted by molar-refractivity contribution is 0.102. The molecule has 2 rings (SSSR count). The average Bonchev–Trinajstić information content (AvgIpc) is 2.48. The molecular weight excluding hydrogens is 268 g/mol. The largest absolute Gasteiger partial charge is 0.320 e. The number of benzene rings is 1. The summed E-state index contributed by atoms with van der Waals surface area (Å²) in [6.07, 6.45) is 0. The Kier molecular flexibility index (Phi) is 4.49. The van der Waals surface area contributed by atoms with Crippen LogP contribution in [0.2, 0.25) is 0 Å². The van der Waals surface area contributed by atoms with Crippen LogP contribution in [-0.2, 0) is 0 Å². The van der Waals surface area contributed by atoms with Crippen molar-refractivity contribution in [3.05, 3.63) is 57.4 Å². The number of nitrogens with two attached hydrogens (primary N) is 1. The summed E-state index contributed by atoms with van der Waals surface area (Å²) in [4.78, 5) is 23.2. The lowest BCUT2D eigenvalue weighted by atomic mass is 10.0. The summed E-state index contributed by atoms with van der Waals surface area (Å²) >= 11 is 0. The second-order valence-electron chi connectivity index (χ2n) is 4.32. The summed E-state index contributed by atoms with van der Waals surface area (Å²) < 4.78 is 0. The van der Waals surface area contributed by atoms with Gasteiger partial charge in [0.15, 0.2) is 5.82 Å². The van der Waals surface area contributed by atoms with Crippen molar-refractivity contribution in [1.29, 1.82) is 0 Å². The Balaban J connectivity index is 2.31. The predicted molar refractivity (Wildman–Crippen MR) is 79.9 cm³/mol. The number of amides is 1. The molecule has 6 heteroatoms. The third-order valence-electron chi connectivity index (χ3n) is 2.67. The molecule has 1 amide bonds. The number of aromatic amines is 1. The molecule has 0 atom stereocenters. The standard InChI is InChI=1S/C15H14N4O2/c1-10-4-5-11(3-2-8-16)12(9-10)15(21)17-13-6-7-14(20)19-18-13/h4-7,9H,8,16H2,1H3,(H,19,20)(H,17,18,21). The average molecular weight is 282 g/mol. The third-order valence-corrected chi connectivity index (χ3v) is 2.67. The molecule has 106 valence electrons. The lowest BCUT2D eigenvalue weighted by Crippen LogP contribution is -2.17. The summed E-state index contributed by atoms with van der Waals surface area (Å²) in [7, 11) is 0. The minimum atomic E-state index is -0.348. The Morgan fingerprint density at radius 3 is 2.86 bits per heavy atom. The van der Waals surface area contributed by atoms with E-state index in [-0.39, 0.29) is 23.8 Å². The van der Waals surface area contributed by atoms with E-state index in [1.165, 1.54) is 12.1 Å². The van der Waals surface area contributed by atoms with Gasteiger partial charge in [-0.1, -0.05) is 23.5 Å². The topological polar surface area (TPSA) is 101 Å². The maximum atomic E-state index is 12.3. The molecule has 0 saturated heterocycles. The molecule has 1 heterocycles. The highest BCUT2D eigenvalue weighted by atomic mass is 16.2. The minimum absolute atomic E-state index is 0.219. The molecule has 0 fully saturated rings. The van der Waals surface area contributed by atoms with Crippen LogP contribution in [0, 0.1) is 18.8 Å². The van der Waals surface area contributed by atoms with Gasteiger partial charge < -0.3 is 11.1 Å². The fourth-order valence-corrected chi connectivity index (χ4v) is 1.70. The Morgan fingerprint density at radius 1 is 1.38 bits per heavy atom. The van der Waals surface area contributed by atoms with Crippen LogP contribution in [-0.4, -0.2) is 22.6 Å². The quantitative estimate of drug-likeness (QED) is 0.704. The number of nitrogens with one attached hydrogen (secondary N) is 2. The van der Waals surface area contributed by atoms with Crippen LogP contribution in [0.3, 0.4) is 0 Å². The molecule has 0 aliphatic heterocycles. The monoisotopic (exact) mass is 282 g/mol. The molecule has 21 heavy (non-hydrogen) atoms. The molecule has 0 aliphatic rings. The van der Waals surface area contributed by atoms with Crippen molar-refractivity contribution >= 4 is 11.7 Å². The van der Waals surface area contributed by atoms with Gasteiger partial charge in [-0.05, 0) is 25.1 Å². The van der Waals surface area contributed by atoms with E-state index in [0.29, 0.717) is 11.1 Å². The van der Waals surface area contributed by atoms with Crippen LogP contribution in [0.25, 0.3) is 0 Å². The van der Waals surface area contributed by atoms with E-state index in [1.807, 2.05) is 13.0 Å². The Labute approximate surface area is 121 Å². The molecule has 1 aromatic carbocycles.